The van der Waals surface area contributed by atoms with E-state index < -0.39 is 17.7 Å². The minimum absolute atomic E-state index is 0.0115. The van der Waals surface area contributed by atoms with Crippen molar-refractivity contribution in [3.8, 4) is 5.75 Å². The van der Waals surface area contributed by atoms with E-state index in [1.54, 1.807) is 73.1 Å². The van der Waals surface area contributed by atoms with Gasteiger partial charge < -0.3 is 9.84 Å². The molecule has 3 aromatic rings. The zero-order valence-corrected chi connectivity index (χ0v) is 19.1. The molecule has 0 bridgehead atoms. The third-order valence-electron chi connectivity index (χ3n) is 5.07. The molecule has 4 rings (SSSR count). The van der Waals surface area contributed by atoms with Gasteiger partial charge in [-0.15, -0.1) is 0 Å². The number of hydrogen-bond acceptors (Lipinski definition) is 5. The number of pyridine rings is 1. The first-order chi connectivity index (χ1) is 15.4. The molecular weight excluding hydrogens is 472 g/mol. The maximum atomic E-state index is 13.1. The summed E-state index contributed by atoms with van der Waals surface area (Å²) in [5.41, 5.74) is 1.68. The van der Waals surface area contributed by atoms with Crippen LogP contribution in [-0.4, -0.2) is 27.9 Å². The van der Waals surface area contributed by atoms with Gasteiger partial charge in [0.1, 0.15) is 11.5 Å². The maximum Gasteiger partial charge on any atom is 0.300 e. The predicted octanol–water partition coefficient (Wildman–Crippen LogP) is 5.26. The standard InChI is InChI=1S/C25H21BrN2O4/c1-15(2)32-20-9-3-17(4-10-20)23(29)21-22(16-11-13-27-14-12-16)28(25(31)24(21)30)19-7-5-18(26)6-8-19/h3-15,22,29H,1-2H3/b23-21-. The van der Waals surface area contributed by atoms with Crippen LogP contribution in [0.1, 0.15) is 31.0 Å². The fourth-order valence-corrected chi connectivity index (χ4v) is 3.95. The van der Waals surface area contributed by atoms with E-state index in [1.165, 1.54) is 4.90 Å². The van der Waals surface area contributed by atoms with Gasteiger partial charge in [0.2, 0.25) is 0 Å². The predicted molar refractivity (Wildman–Crippen MR) is 125 cm³/mol. The average molecular weight is 493 g/mol. The van der Waals surface area contributed by atoms with E-state index in [9.17, 15) is 14.7 Å². The van der Waals surface area contributed by atoms with Crippen LogP contribution in [0.2, 0.25) is 0 Å². The largest absolute Gasteiger partial charge is 0.507 e. The van der Waals surface area contributed by atoms with Gasteiger partial charge in [-0.2, -0.15) is 0 Å². The highest BCUT2D eigenvalue weighted by Gasteiger charge is 2.46. The molecule has 32 heavy (non-hydrogen) atoms. The number of rotatable bonds is 5. The Morgan fingerprint density at radius 3 is 2.22 bits per heavy atom. The van der Waals surface area contributed by atoms with Crippen LogP contribution in [0.15, 0.2) is 83.1 Å². The lowest BCUT2D eigenvalue weighted by Crippen LogP contribution is -2.29. The second-order valence-corrected chi connectivity index (χ2v) is 8.53. The molecule has 0 radical (unpaired) electrons. The van der Waals surface area contributed by atoms with Crippen LogP contribution in [0.5, 0.6) is 5.75 Å². The molecule has 2 aromatic carbocycles. The minimum Gasteiger partial charge on any atom is -0.507 e. The molecule has 0 spiro atoms. The summed E-state index contributed by atoms with van der Waals surface area (Å²) >= 11 is 3.39. The van der Waals surface area contributed by atoms with Crippen molar-refractivity contribution >= 4 is 39.1 Å². The summed E-state index contributed by atoms with van der Waals surface area (Å²) in [6, 6.07) is 16.6. The Labute approximate surface area is 194 Å². The quantitative estimate of drug-likeness (QED) is 0.298. The second-order valence-electron chi connectivity index (χ2n) is 7.62. The Morgan fingerprint density at radius 1 is 1.00 bits per heavy atom. The SMILES string of the molecule is CC(C)Oc1ccc(/C(O)=C2/C(=O)C(=O)N(c3ccc(Br)cc3)C2c2ccncc2)cc1. The number of aromatic nitrogens is 1. The molecule has 0 saturated carbocycles. The first kappa shape index (κ1) is 21.8. The van der Waals surface area contributed by atoms with Gasteiger partial charge in [-0.1, -0.05) is 15.9 Å². The van der Waals surface area contributed by atoms with Crippen molar-refractivity contribution < 1.29 is 19.4 Å². The number of anilines is 1. The summed E-state index contributed by atoms with van der Waals surface area (Å²) < 4.78 is 6.50. The molecule has 1 amide bonds. The summed E-state index contributed by atoms with van der Waals surface area (Å²) in [5.74, 6) is -1.02. The number of carbonyl (C=O) groups is 2. The summed E-state index contributed by atoms with van der Waals surface area (Å²) in [7, 11) is 0. The molecule has 1 fully saturated rings. The Morgan fingerprint density at radius 2 is 1.62 bits per heavy atom. The number of halogens is 1. The molecule has 7 heteroatoms. The molecular formula is C25H21BrN2O4. The van der Waals surface area contributed by atoms with Crippen molar-refractivity contribution in [1.29, 1.82) is 0 Å². The molecule has 2 heterocycles. The molecule has 1 aliphatic rings. The number of nitrogens with zero attached hydrogens (tertiary/aromatic N) is 2. The number of aliphatic hydroxyl groups excluding tert-OH is 1. The van der Waals surface area contributed by atoms with Gasteiger partial charge >= 0.3 is 0 Å². The van der Waals surface area contributed by atoms with Gasteiger partial charge in [0, 0.05) is 28.1 Å². The van der Waals surface area contributed by atoms with Crippen LogP contribution in [0, 0.1) is 0 Å². The van der Waals surface area contributed by atoms with E-state index in [0.29, 0.717) is 22.6 Å². The van der Waals surface area contributed by atoms with Gasteiger partial charge in [-0.25, -0.2) is 0 Å². The summed E-state index contributed by atoms with van der Waals surface area (Å²) in [5, 5.41) is 11.1. The van der Waals surface area contributed by atoms with Gasteiger partial charge in [0.25, 0.3) is 11.7 Å². The van der Waals surface area contributed by atoms with E-state index in [-0.39, 0.29) is 17.4 Å². The zero-order chi connectivity index (χ0) is 22.8. The van der Waals surface area contributed by atoms with E-state index in [2.05, 4.69) is 20.9 Å². The van der Waals surface area contributed by atoms with Gasteiger partial charge in [-0.3, -0.25) is 19.5 Å². The van der Waals surface area contributed by atoms with Gasteiger partial charge in [0.05, 0.1) is 17.7 Å². The summed E-state index contributed by atoms with van der Waals surface area (Å²) in [6.07, 6.45) is 3.20. The fourth-order valence-electron chi connectivity index (χ4n) is 3.68. The van der Waals surface area contributed by atoms with E-state index in [4.69, 9.17) is 4.74 Å². The number of Topliss-reactive ketones (excluding diaryl/α,β-unsaturated/α-hetero) is 1. The molecule has 6 nitrogen and oxygen atoms in total. The van der Waals surface area contributed by atoms with Crippen molar-refractivity contribution in [2.75, 3.05) is 4.90 Å². The Bertz CT molecular complexity index is 1170. The Balaban J connectivity index is 1.84. The highest BCUT2D eigenvalue weighted by Crippen LogP contribution is 2.42. The molecule has 1 unspecified atom stereocenters. The lowest BCUT2D eigenvalue weighted by atomic mass is 9.95. The highest BCUT2D eigenvalue weighted by atomic mass is 79.9. The minimum atomic E-state index is -0.786. The van der Waals surface area contributed by atoms with Crippen LogP contribution in [0.3, 0.4) is 0 Å². The Hall–Kier alpha value is -3.45. The number of aliphatic hydroxyl groups is 1. The smallest absolute Gasteiger partial charge is 0.300 e. The van der Waals surface area contributed by atoms with E-state index >= 15 is 0 Å². The summed E-state index contributed by atoms with van der Waals surface area (Å²) in [6.45, 7) is 3.85. The van der Waals surface area contributed by atoms with Crippen LogP contribution in [0.4, 0.5) is 5.69 Å². The number of benzene rings is 2. The first-order valence-electron chi connectivity index (χ1n) is 10.1. The number of amides is 1. The van der Waals surface area contributed by atoms with Crippen LogP contribution in [0.25, 0.3) is 5.76 Å². The van der Waals surface area contributed by atoms with Crippen molar-refractivity contribution in [1.82, 2.24) is 4.98 Å². The lowest BCUT2D eigenvalue weighted by molar-refractivity contribution is -0.132. The molecule has 1 aliphatic heterocycles. The average Bonchev–Trinajstić information content (AvgIpc) is 3.05. The highest BCUT2D eigenvalue weighted by molar-refractivity contribution is 9.10. The maximum absolute atomic E-state index is 13.1. The van der Waals surface area contributed by atoms with Crippen molar-refractivity contribution in [2.45, 2.75) is 26.0 Å². The number of carbonyl (C=O) groups excluding carboxylic acids is 2. The van der Waals surface area contributed by atoms with E-state index in [0.717, 1.165) is 4.47 Å². The number of ether oxygens (including phenoxy) is 1. The van der Waals surface area contributed by atoms with Crippen molar-refractivity contribution in [3.05, 3.63) is 94.2 Å². The fraction of sp³-hybridized carbons (Fsp3) is 0.160. The number of hydrogen-bond donors (Lipinski definition) is 1. The first-order valence-corrected chi connectivity index (χ1v) is 10.9. The van der Waals surface area contributed by atoms with Gasteiger partial charge in [-0.05, 0) is 80.1 Å². The molecule has 1 N–H and O–H groups in total. The molecule has 1 saturated heterocycles. The third kappa shape index (κ3) is 4.16. The molecule has 0 aliphatic carbocycles. The topological polar surface area (TPSA) is 79.7 Å². The lowest BCUT2D eigenvalue weighted by Gasteiger charge is -2.25. The molecule has 1 atom stereocenters. The zero-order valence-electron chi connectivity index (χ0n) is 17.5. The van der Waals surface area contributed by atoms with Gasteiger partial charge in [0.15, 0.2) is 0 Å². The Kier molecular flexibility index (Phi) is 6.10. The van der Waals surface area contributed by atoms with Crippen molar-refractivity contribution in [3.63, 3.8) is 0 Å². The van der Waals surface area contributed by atoms with Crippen LogP contribution in [-0.2, 0) is 9.59 Å². The van der Waals surface area contributed by atoms with Crippen LogP contribution >= 0.6 is 15.9 Å². The molecule has 1 aromatic heterocycles. The number of ketones is 1. The monoisotopic (exact) mass is 492 g/mol. The van der Waals surface area contributed by atoms with E-state index in [1.807, 2.05) is 13.8 Å². The summed E-state index contributed by atoms with van der Waals surface area (Å²) in [4.78, 5) is 31.6. The normalized spacial score (nSPS) is 17.8. The van der Waals surface area contributed by atoms with Crippen LogP contribution < -0.4 is 9.64 Å². The third-order valence-corrected chi connectivity index (χ3v) is 5.60. The van der Waals surface area contributed by atoms with Crippen molar-refractivity contribution in [2.24, 2.45) is 0 Å². The molecule has 162 valence electrons. The second kappa shape index (κ2) is 8.96.